The summed E-state index contributed by atoms with van der Waals surface area (Å²) in [4.78, 5) is 28.4. The van der Waals surface area contributed by atoms with Crippen molar-refractivity contribution in [1.29, 1.82) is 0 Å². The highest BCUT2D eigenvalue weighted by Crippen LogP contribution is 2.21. The van der Waals surface area contributed by atoms with E-state index in [0.29, 0.717) is 25.8 Å². The van der Waals surface area contributed by atoms with Gasteiger partial charge in [-0.3, -0.25) is 9.59 Å². The number of methoxy groups -OCH3 is 1. The molecule has 1 saturated carbocycles. The van der Waals surface area contributed by atoms with Crippen LogP contribution in [0.3, 0.4) is 0 Å². The first kappa shape index (κ1) is 23.8. The summed E-state index contributed by atoms with van der Waals surface area (Å²) < 4.78 is 5.35. The first-order valence-electron chi connectivity index (χ1n) is 11.9. The lowest BCUT2D eigenvalue weighted by Gasteiger charge is -2.33. The van der Waals surface area contributed by atoms with Crippen LogP contribution in [-0.2, 0) is 22.6 Å². The number of nitrogens with zero attached hydrogens (tertiary/aromatic N) is 1. The molecular formula is C27H36N2O3. The number of hydrogen-bond donors (Lipinski definition) is 1. The predicted octanol–water partition coefficient (Wildman–Crippen LogP) is 4.88. The fourth-order valence-corrected chi connectivity index (χ4v) is 4.47. The molecule has 5 nitrogen and oxygen atoms in total. The minimum atomic E-state index is -0.480. The quantitative estimate of drug-likeness (QED) is 0.577. The van der Waals surface area contributed by atoms with Crippen molar-refractivity contribution in [2.75, 3.05) is 7.11 Å². The Bertz CT molecular complexity index is 862. The second-order valence-electron chi connectivity index (χ2n) is 8.63. The van der Waals surface area contributed by atoms with Crippen molar-refractivity contribution in [1.82, 2.24) is 10.2 Å². The molecule has 1 fully saturated rings. The summed E-state index contributed by atoms with van der Waals surface area (Å²) in [7, 11) is 1.63. The van der Waals surface area contributed by atoms with Crippen molar-refractivity contribution in [3.8, 4) is 5.75 Å². The highest BCUT2D eigenvalue weighted by atomic mass is 16.5. The summed E-state index contributed by atoms with van der Waals surface area (Å²) in [5, 5.41) is 3.23. The Labute approximate surface area is 192 Å². The number of carbonyl (C=O) groups excluding carboxylic acids is 2. The van der Waals surface area contributed by atoms with Gasteiger partial charge in [0.1, 0.15) is 11.8 Å². The van der Waals surface area contributed by atoms with E-state index in [2.05, 4.69) is 5.32 Å². The zero-order valence-corrected chi connectivity index (χ0v) is 19.4. The highest BCUT2D eigenvalue weighted by Gasteiger charge is 2.30. The number of carbonyl (C=O) groups is 2. The van der Waals surface area contributed by atoms with Gasteiger partial charge in [0, 0.05) is 19.0 Å². The minimum Gasteiger partial charge on any atom is -0.497 e. The molecule has 0 bridgehead atoms. The van der Waals surface area contributed by atoms with Gasteiger partial charge in [-0.2, -0.15) is 0 Å². The van der Waals surface area contributed by atoms with E-state index in [9.17, 15) is 9.59 Å². The molecule has 2 aromatic rings. The summed E-state index contributed by atoms with van der Waals surface area (Å²) >= 11 is 0. The molecule has 0 saturated heterocycles. The van der Waals surface area contributed by atoms with Gasteiger partial charge in [0.05, 0.1) is 7.11 Å². The normalized spacial score (nSPS) is 15.1. The van der Waals surface area contributed by atoms with Gasteiger partial charge in [0.2, 0.25) is 11.8 Å². The fourth-order valence-electron chi connectivity index (χ4n) is 4.47. The van der Waals surface area contributed by atoms with Crippen molar-refractivity contribution in [2.24, 2.45) is 0 Å². The summed E-state index contributed by atoms with van der Waals surface area (Å²) in [5.74, 6) is 0.719. The summed E-state index contributed by atoms with van der Waals surface area (Å²) in [6.45, 7) is 2.37. The maximum absolute atomic E-state index is 13.4. The lowest BCUT2D eigenvalue weighted by molar-refractivity contribution is -0.141. The van der Waals surface area contributed by atoms with E-state index in [1.54, 1.807) is 12.0 Å². The number of rotatable bonds is 10. The van der Waals surface area contributed by atoms with Crippen LogP contribution >= 0.6 is 0 Å². The summed E-state index contributed by atoms with van der Waals surface area (Å²) in [6, 6.07) is 17.5. The fraction of sp³-hybridized carbons (Fsp3) is 0.481. The van der Waals surface area contributed by atoms with Gasteiger partial charge in [-0.05, 0) is 48.9 Å². The number of nitrogens with one attached hydrogen (secondary N) is 1. The Kier molecular flexibility index (Phi) is 9.14. The van der Waals surface area contributed by atoms with Gasteiger partial charge in [0.15, 0.2) is 0 Å². The Balaban J connectivity index is 1.76. The van der Waals surface area contributed by atoms with Crippen LogP contribution < -0.4 is 10.1 Å². The molecule has 5 heteroatoms. The molecular weight excluding hydrogens is 400 g/mol. The van der Waals surface area contributed by atoms with Crippen LogP contribution in [0.25, 0.3) is 0 Å². The van der Waals surface area contributed by atoms with Crippen molar-refractivity contribution < 1.29 is 14.3 Å². The molecule has 2 amide bonds. The van der Waals surface area contributed by atoms with Gasteiger partial charge >= 0.3 is 0 Å². The molecule has 1 atom stereocenters. The smallest absolute Gasteiger partial charge is 0.243 e. The van der Waals surface area contributed by atoms with E-state index in [-0.39, 0.29) is 17.9 Å². The molecule has 1 aliphatic carbocycles. The number of hydrogen-bond acceptors (Lipinski definition) is 3. The predicted molar refractivity (Wildman–Crippen MR) is 127 cm³/mol. The summed E-state index contributed by atoms with van der Waals surface area (Å²) in [5.41, 5.74) is 2.09. The average Bonchev–Trinajstić information content (AvgIpc) is 2.83. The number of amides is 2. The molecule has 0 unspecified atom stereocenters. The van der Waals surface area contributed by atoms with Crippen LogP contribution in [-0.4, -0.2) is 35.9 Å². The third kappa shape index (κ3) is 6.84. The van der Waals surface area contributed by atoms with Crippen LogP contribution in [0.2, 0.25) is 0 Å². The number of ether oxygens (including phenoxy) is 1. The van der Waals surface area contributed by atoms with E-state index in [0.717, 1.165) is 42.6 Å². The monoisotopic (exact) mass is 436 g/mol. The van der Waals surface area contributed by atoms with Gasteiger partial charge in [-0.25, -0.2) is 0 Å². The van der Waals surface area contributed by atoms with Crippen molar-refractivity contribution in [3.63, 3.8) is 0 Å². The SMILES string of the molecule is CC[C@@H](C(=O)NC1CCCCC1)N(Cc1cccc(OC)c1)C(=O)CCc1ccccc1. The zero-order chi connectivity index (χ0) is 22.8. The number of aryl methyl sites for hydroxylation is 1. The van der Waals surface area contributed by atoms with Crippen LogP contribution in [0.15, 0.2) is 54.6 Å². The van der Waals surface area contributed by atoms with Crippen LogP contribution in [0.1, 0.15) is 63.0 Å². The first-order chi connectivity index (χ1) is 15.6. The van der Waals surface area contributed by atoms with Crippen LogP contribution in [0.4, 0.5) is 0 Å². The zero-order valence-electron chi connectivity index (χ0n) is 19.4. The molecule has 1 N–H and O–H groups in total. The molecule has 0 radical (unpaired) electrons. The molecule has 32 heavy (non-hydrogen) atoms. The molecule has 172 valence electrons. The number of benzene rings is 2. The first-order valence-corrected chi connectivity index (χ1v) is 11.9. The molecule has 1 aliphatic rings. The van der Waals surface area contributed by atoms with Gasteiger partial charge in [0.25, 0.3) is 0 Å². The Hall–Kier alpha value is -2.82. The molecule has 2 aromatic carbocycles. The van der Waals surface area contributed by atoms with E-state index in [1.807, 2.05) is 61.5 Å². The average molecular weight is 437 g/mol. The second kappa shape index (κ2) is 12.3. The van der Waals surface area contributed by atoms with Gasteiger partial charge < -0.3 is 15.0 Å². The van der Waals surface area contributed by atoms with Crippen molar-refractivity contribution >= 4 is 11.8 Å². The molecule has 0 aliphatic heterocycles. The van der Waals surface area contributed by atoms with E-state index in [1.165, 1.54) is 6.42 Å². The third-order valence-corrected chi connectivity index (χ3v) is 6.29. The molecule has 0 spiro atoms. The maximum Gasteiger partial charge on any atom is 0.243 e. The van der Waals surface area contributed by atoms with E-state index < -0.39 is 6.04 Å². The molecule has 3 rings (SSSR count). The Morgan fingerprint density at radius 3 is 2.44 bits per heavy atom. The van der Waals surface area contributed by atoms with Gasteiger partial charge in [-0.1, -0.05) is 68.7 Å². The van der Waals surface area contributed by atoms with Crippen LogP contribution in [0, 0.1) is 0 Å². The van der Waals surface area contributed by atoms with E-state index in [4.69, 9.17) is 4.74 Å². The largest absolute Gasteiger partial charge is 0.497 e. The second-order valence-corrected chi connectivity index (χ2v) is 8.63. The molecule has 0 heterocycles. The third-order valence-electron chi connectivity index (χ3n) is 6.29. The topological polar surface area (TPSA) is 58.6 Å². The van der Waals surface area contributed by atoms with E-state index >= 15 is 0 Å². The summed E-state index contributed by atoms with van der Waals surface area (Å²) in [6.07, 6.45) is 7.23. The minimum absolute atomic E-state index is 0.00215. The Morgan fingerprint density at radius 1 is 1.03 bits per heavy atom. The lowest BCUT2D eigenvalue weighted by atomic mass is 9.95. The molecule has 0 aromatic heterocycles. The van der Waals surface area contributed by atoms with Crippen molar-refractivity contribution in [2.45, 2.75) is 76.9 Å². The van der Waals surface area contributed by atoms with Crippen molar-refractivity contribution in [3.05, 3.63) is 65.7 Å². The standard InChI is InChI=1S/C27H36N2O3/c1-3-25(27(31)28-23-14-8-5-9-15-23)29(20-22-13-10-16-24(19-22)32-2)26(30)18-17-21-11-6-4-7-12-21/h4,6-7,10-13,16,19,23,25H,3,5,8-9,14-15,17-18,20H2,1-2H3,(H,28,31)/t25-/m0/s1. The maximum atomic E-state index is 13.4. The Morgan fingerprint density at radius 2 is 1.75 bits per heavy atom. The lowest BCUT2D eigenvalue weighted by Crippen LogP contribution is -2.51. The van der Waals surface area contributed by atoms with Crippen LogP contribution in [0.5, 0.6) is 5.75 Å². The highest BCUT2D eigenvalue weighted by molar-refractivity contribution is 5.88. The van der Waals surface area contributed by atoms with Gasteiger partial charge in [-0.15, -0.1) is 0 Å².